The van der Waals surface area contributed by atoms with Crippen molar-refractivity contribution >= 4 is 44.8 Å². The molecule has 0 saturated heterocycles. The van der Waals surface area contributed by atoms with Crippen LogP contribution in [0.4, 0.5) is 5.69 Å². The highest BCUT2D eigenvalue weighted by atomic mass is 35.5. The van der Waals surface area contributed by atoms with Crippen LogP contribution in [0.3, 0.4) is 0 Å². The number of benzene rings is 1. The normalized spacial score (nSPS) is 13.4. The van der Waals surface area contributed by atoms with E-state index in [0.717, 1.165) is 4.31 Å². The Morgan fingerprint density at radius 3 is 2.42 bits per heavy atom. The van der Waals surface area contributed by atoms with Gasteiger partial charge in [-0.1, -0.05) is 11.6 Å². The van der Waals surface area contributed by atoms with Gasteiger partial charge in [0.15, 0.2) is 0 Å². The summed E-state index contributed by atoms with van der Waals surface area (Å²) in [6.07, 6.45) is 0. The summed E-state index contributed by atoms with van der Waals surface area (Å²) in [5.74, 6) is -0.456. The summed E-state index contributed by atoms with van der Waals surface area (Å²) in [4.78, 5) is 11.5. The van der Waals surface area contributed by atoms with Crippen molar-refractivity contribution in [3.63, 3.8) is 0 Å². The molecule has 1 rings (SSSR count). The van der Waals surface area contributed by atoms with Crippen LogP contribution in [-0.2, 0) is 14.8 Å². The number of carbonyl (C=O) groups is 1. The van der Waals surface area contributed by atoms with Crippen LogP contribution < -0.4 is 5.32 Å². The van der Waals surface area contributed by atoms with Crippen molar-refractivity contribution in [2.24, 2.45) is 0 Å². The molecule has 1 unspecified atom stereocenters. The largest absolute Gasteiger partial charge is 0.323 e. The van der Waals surface area contributed by atoms with E-state index < -0.39 is 21.3 Å². The lowest BCUT2D eigenvalue weighted by Crippen LogP contribution is -2.23. The van der Waals surface area contributed by atoms with Crippen LogP contribution in [0.1, 0.15) is 6.92 Å². The minimum Gasteiger partial charge on any atom is -0.323 e. The quantitative estimate of drug-likeness (QED) is 0.863. The Balaban J connectivity index is 3.19. The second kappa shape index (κ2) is 6.09. The Bertz CT molecular complexity index is 586. The predicted molar refractivity (Wildman–Crippen MR) is 76.3 cm³/mol. The van der Waals surface area contributed by atoms with Crippen LogP contribution in [0.2, 0.25) is 5.02 Å². The minimum absolute atomic E-state index is 0.0411. The van der Waals surface area contributed by atoms with Gasteiger partial charge >= 0.3 is 0 Å². The van der Waals surface area contributed by atoms with E-state index in [1.54, 1.807) is 0 Å². The lowest BCUT2D eigenvalue weighted by Gasteiger charge is -2.14. The number of halogens is 2. The zero-order valence-corrected chi connectivity index (χ0v) is 13.0. The fourth-order valence-electron chi connectivity index (χ4n) is 1.20. The summed E-state index contributed by atoms with van der Waals surface area (Å²) in [6, 6.07) is 4.08. The first-order valence-corrected chi connectivity index (χ1v) is 7.58. The van der Waals surface area contributed by atoms with Crippen LogP contribution in [0.5, 0.6) is 0 Å². The van der Waals surface area contributed by atoms with Crippen LogP contribution in [0, 0.1) is 0 Å². The number of anilines is 1. The maximum atomic E-state index is 12.0. The van der Waals surface area contributed by atoms with Crippen molar-refractivity contribution in [1.29, 1.82) is 0 Å². The van der Waals surface area contributed by atoms with Crippen molar-refractivity contribution in [2.75, 3.05) is 19.4 Å². The monoisotopic (exact) mass is 324 g/mol. The molecule has 0 radical (unpaired) electrons. The summed E-state index contributed by atoms with van der Waals surface area (Å²) in [7, 11) is -0.742. The average Bonchev–Trinajstić information content (AvgIpc) is 2.31. The summed E-state index contributed by atoms with van der Waals surface area (Å²) in [5, 5.41) is 1.97. The van der Waals surface area contributed by atoms with Crippen molar-refractivity contribution < 1.29 is 13.2 Å². The van der Waals surface area contributed by atoms with E-state index in [2.05, 4.69) is 5.32 Å². The van der Waals surface area contributed by atoms with Gasteiger partial charge in [-0.05, 0) is 25.1 Å². The Hall–Kier alpha value is -0.820. The molecule has 1 aromatic carbocycles. The molecule has 1 amide bonds. The van der Waals surface area contributed by atoms with E-state index >= 15 is 0 Å². The van der Waals surface area contributed by atoms with Gasteiger partial charge in [0.1, 0.15) is 5.38 Å². The fraction of sp³-hybridized carbons (Fsp3) is 0.364. The van der Waals surface area contributed by atoms with Gasteiger partial charge in [-0.3, -0.25) is 4.79 Å². The first-order chi connectivity index (χ1) is 8.66. The highest BCUT2D eigenvalue weighted by Crippen LogP contribution is 2.26. The van der Waals surface area contributed by atoms with Gasteiger partial charge in [0, 0.05) is 14.1 Å². The maximum Gasteiger partial charge on any atom is 0.242 e. The first-order valence-electron chi connectivity index (χ1n) is 5.33. The van der Waals surface area contributed by atoms with Crippen LogP contribution >= 0.6 is 23.2 Å². The number of carbonyl (C=O) groups excluding carboxylic acids is 1. The highest BCUT2D eigenvalue weighted by Gasteiger charge is 2.19. The fourth-order valence-corrected chi connectivity index (χ4v) is 2.35. The average molecular weight is 325 g/mol. The molecule has 0 bridgehead atoms. The SMILES string of the molecule is CC(Cl)C(=O)Nc1cc(S(=O)(=O)N(C)C)ccc1Cl. The molecule has 1 atom stereocenters. The lowest BCUT2D eigenvalue weighted by atomic mass is 10.3. The Morgan fingerprint density at radius 2 is 1.95 bits per heavy atom. The molecule has 0 fully saturated rings. The standard InChI is InChI=1S/C11H14Cl2N2O3S/c1-7(12)11(16)14-10-6-8(4-5-9(10)13)19(17,18)15(2)3/h4-7H,1-3H3,(H,14,16). The van der Waals surface area contributed by atoms with Gasteiger partial charge in [0.25, 0.3) is 0 Å². The van der Waals surface area contributed by atoms with Crippen molar-refractivity contribution in [3.8, 4) is 0 Å². The molecule has 0 aliphatic carbocycles. The van der Waals surface area contributed by atoms with E-state index in [1.807, 2.05) is 0 Å². The first kappa shape index (κ1) is 16.2. The second-order valence-electron chi connectivity index (χ2n) is 4.03. The third kappa shape index (κ3) is 3.82. The molecule has 1 N–H and O–H groups in total. The van der Waals surface area contributed by atoms with Crippen molar-refractivity contribution in [3.05, 3.63) is 23.2 Å². The van der Waals surface area contributed by atoms with E-state index in [4.69, 9.17) is 23.2 Å². The molecular formula is C11H14Cl2N2O3S. The highest BCUT2D eigenvalue weighted by molar-refractivity contribution is 7.89. The number of alkyl halides is 1. The number of hydrogen-bond acceptors (Lipinski definition) is 3. The number of nitrogens with zero attached hydrogens (tertiary/aromatic N) is 1. The van der Waals surface area contributed by atoms with Gasteiger partial charge in [-0.25, -0.2) is 12.7 Å². The summed E-state index contributed by atoms with van der Waals surface area (Å²) in [6.45, 7) is 1.51. The van der Waals surface area contributed by atoms with Gasteiger partial charge in [-0.15, -0.1) is 11.6 Å². The summed E-state index contributed by atoms with van der Waals surface area (Å²) >= 11 is 11.5. The predicted octanol–water partition coefficient (Wildman–Crippen LogP) is 2.16. The zero-order valence-electron chi connectivity index (χ0n) is 10.6. The van der Waals surface area contributed by atoms with Crippen molar-refractivity contribution in [1.82, 2.24) is 4.31 Å². The van der Waals surface area contributed by atoms with E-state index in [0.29, 0.717) is 0 Å². The molecule has 0 saturated carbocycles. The van der Waals surface area contributed by atoms with Crippen LogP contribution in [-0.4, -0.2) is 38.1 Å². The molecule has 0 spiro atoms. The third-order valence-electron chi connectivity index (χ3n) is 2.34. The minimum atomic E-state index is -3.58. The van der Waals surface area contributed by atoms with Crippen LogP contribution in [0.15, 0.2) is 23.1 Å². The smallest absolute Gasteiger partial charge is 0.242 e. The van der Waals surface area contributed by atoms with Crippen molar-refractivity contribution in [2.45, 2.75) is 17.2 Å². The van der Waals surface area contributed by atoms with E-state index in [-0.39, 0.29) is 15.6 Å². The number of amides is 1. The molecule has 0 aromatic heterocycles. The van der Waals surface area contributed by atoms with Gasteiger partial charge in [-0.2, -0.15) is 0 Å². The lowest BCUT2D eigenvalue weighted by molar-refractivity contribution is -0.115. The second-order valence-corrected chi connectivity index (χ2v) is 7.25. The van der Waals surface area contributed by atoms with Gasteiger partial charge in [0.05, 0.1) is 15.6 Å². The number of nitrogens with one attached hydrogen (secondary N) is 1. The van der Waals surface area contributed by atoms with Gasteiger partial charge < -0.3 is 5.32 Å². The molecule has 5 nitrogen and oxygen atoms in total. The zero-order chi connectivity index (χ0) is 14.8. The number of rotatable bonds is 4. The molecule has 1 aromatic rings. The molecule has 106 valence electrons. The molecule has 19 heavy (non-hydrogen) atoms. The Labute approximate surface area is 122 Å². The molecule has 0 heterocycles. The number of sulfonamides is 1. The maximum absolute atomic E-state index is 12.0. The Morgan fingerprint density at radius 1 is 1.37 bits per heavy atom. The topological polar surface area (TPSA) is 66.5 Å². The van der Waals surface area contributed by atoms with E-state index in [1.165, 1.54) is 39.2 Å². The summed E-state index contributed by atoms with van der Waals surface area (Å²) in [5.41, 5.74) is 0.210. The number of hydrogen-bond donors (Lipinski definition) is 1. The molecule has 0 aliphatic rings. The molecule has 0 aliphatic heterocycles. The van der Waals surface area contributed by atoms with Gasteiger partial charge in [0.2, 0.25) is 15.9 Å². The van der Waals surface area contributed by atoms with E-state index in [9.17, 15) is 13.2 Å². The van der Waals surface area contributed by atoms with Crippen LogP contribution in [0.25, 0.3) is 0 Å². The third-order valence-corrected chi connectivity index (χ3v) is 4.67. The molecular weight excluding hydrogens is 311 g/mol. The molecule has 8 heteroatoms. The summed E-state index contributed by atoms with van der Waals surface area (Å²) < 4.78 is 25.0. The Kier molecular flexibility index (Phi) is 5.20.